The summed E-state index contributed by atoms with van der Waals surface area (Å²) in [5.41, 5.74) is 1.31. The van der Waals surface area contributed by atoms with Crippen molar-refractivity contribution in [3.8, 4) is 11.8 Å². The van der Waals surface area contributed by atoms with Crippen molar-refractivity contribution in [2.45, 2.75) is 43.2 Å². The van der Waals surface area contributed by atoms with Gasteiger partial charge in [0.1, 0.15) is 11.8 Å². The number of carbonyl (C=O) groups is 1. The highest BCUT2D eigenvalue weighted by atomic mass is 35.5. The van der Waals surface area contributed by atoms with Gasteiger partial charge in [-0.05, 0) is 43.7 Å². The lowest BCUT2D eigenvalue weighted by Crippen LogP contribution is -2.56. The number of alkyl halides is 1. The van der Waals surface area contributed by atoms with Gasteiger partial charge in [-0.2, -0.15) is 5.26 Å². The molecule has 1 aromatic rings. The molecule has 0 radical (unpaired) electrons. The number of halogens is 1. The van der Waals surface area contributed by atoms with Crippen molar-refractivity contribution in [2.24, 2.45) is 17.8 Å². The van der Waals surface area contributed by atoms with E-state index >= 15 is 0 Å². The molecule has 2 aliphatic heterocycles. The topological polar surface area (TPSA) is 92.6 Å². The van der Waals surface area contributed by atoms with E-state index in [2.05, 4.69) is 16.7 Å². The van der Waals surface area contributed by atoms with Gasteiger partial charge in [-0.3, -0.25) is 4.79 Å². The molecule has 2 saturated heterocycles. The molecule has 0 aromatic heterocycles. The van der Waals surface area contributed by atoms with Crippen LogP contribution in [0, 0.1) is 29.1 Å². The Balaban J connectivity index is 1.30. The summed E-state index contributed by atoms with van der Waals surface area (Å²) in [5, 5.41) is 15.6. The van der Waals surface area contributed by atoms with Gasteiger partial charge in [-0.25, -0.2) is 0 Å². The number of rotatable bonds is 7. The number of fused-ring (bicyclic) bond motifs is 1. The molecule has 31 heavy (non-hydrogen) atoms. The molecule has 0 bridgehead atoms. The molecule has 4 rings (SSSR count). The summed E-state index contributed by atoms with van der Waals surface area (Å²) < 4.78 is 16.8. The van der Waals surface area contributed by atoms with Crippen LogP contribution >= 0.6 is 11.6 Å². The van der Waals surface area contributed by atoms with Crippen LogP contribution in [0.4, 0.5) is 5.69 Å². The van der Waals surface area contributed by atoms with Crippen LogP contribution in [0.15, 0.2) is 18.2 Å². The number of hydrogen-bond donors (Lipinski definition) is 2. The fourth-order valence-electron chi connectivity index (χ4n) is 4.86. The molecule has 0 spiro atoms. The monoisotopic (exact) mass is 447 g/mol. The molecular weight excluding hydrogens is 418 g/mol. The zero-order valence-corrected chi connectivity index (χ0v) is 18.6. The van der Waals surface area contributed by atoms with Gasteiger partial charge in [-0.15, -0.1) is 11.6 Å². The molecule has 168 valence electrons. The predicted molar refractivity (Wildman–Crippen MR) is 117 cm³/mol. The number of amides is 1. The second kappa shape index (κ2) is 10.1. The van der Waals surface area contributed by atoms with Crippen molar-refractivity contribution < 1.29 is 19.0 Å². The standard InChI is InChI=1S/C23H30ClN3O4/c1-29-21-8-18(3-2-15(21)10-25)26-11-17-6-16-7-19(24)22(9-20(16)27-23(17)28)31-13-14-4-5-30-12-14/h2-3,8,14,16-17,19-20,22,26H,4-7,9,11-13H2,1H3,(H,27,28)/t14-,16?,17?,19?,20?,22?/m0/s1. The lowest BCUT2D eigenvalue weighted by molar-refractivity contribution is -0.130. The molecule has 1 saturated carbocycles. The largest absolute Gasteiger partial charge is 0.495 e. The predicted octanol–water partition coefficient (Wildman–Crippen LogP) is 2.92. The number of benzene rings is 1. The minimum atomic E-state index is -0.125. The van der Waals surface area contributed by atoms with E-state index in [0.717, 1.165) is 44.6 Å². The summed E-state index contributed by atoms with van der Waals surface area (Å²) in [6.45, 7) is 2.79. The first-order chi connectivity index (χ1) is 15.1. The van der Waals surface area contributed by atoms with Crippen molar-refractivity contribution in [1.82, 2.24) is 5.32 Å². The van der Waals surface area contributed by atoms with Gasteiger partial charge < -0.3 is 24.8 Å². The smallest absolute Gasteiger partial charge is 0.225 e. The molecule has 2 heterocycles. The third-order valence-corrected chi connectivity index (χ3v) is 7.18. The van der Waals surface area contributed by atoms with Gasteiger partial charge in [0.25, 0.3) is 0 Å². The van der Waals surface area contributed by atoms with E-state index in [1.54, 1.807) is 19.2 Å². The van der Waals surface area contributed by atoms with Gasteiger partial charge in [0.05, 0.1) is 43.3 Å². The van der Waals surface area contributed by atoms with Crippen molar-refractivity contribution in [3.05, 3.63) is 23.8 Å². The average Bonchev–Trinajstić information content (AvgIpc) is 3.30. The van der Waals surface area contributed by atoms with Crippen molar-refractivity contribution in [1.29, 1.82) is 5.26 Å². The third kappa shape index (κ3) is 5.25. The zero-order chi connectivity index (χ0) is 21.8. The van der Waals surface area contributed by atoms with E-state index in [1.807, 2.05) is 6.07 Å². The van der Waals surface area contributed by atoms with E-state index in [-0.39, 0.29) is 29.3 Å². The normalized spacial score (nSPS) is 32.6. The number of anilines is 1. The summed E-state index contributed by atoms with van der Waals surface area (Å²) in [4.78, 5) is 12.7. The Kier molecular flexibility index (Phi) is 7.21. The van der Waals surface area contributed by atoms with Gasteiger partial charge in [0.2, 0.25) is 5.91 Å². The number of nitrogens with one attached hydrogen (secondary N) is 2. The Labute approximate surface area is 188 Å². The molecule has 8 heteroatoms. The van der Waals surface area contributed by atoms with Crippen molar-refractivity contribution >= 4 is 23.2 Å². The zero-order valence-electron chi connectivity index (χ0n) is 17.8. The van der Waals surface area contributed by atoms with Crippen molar-refractivity contribution in [3.63, 3.8) is 0 Å². The second-order valence-corrected chi connectivity index (χ2v) is 9.36. The maximum Gasteiger partial charge on any atom is 0.225 e. The molecule has 2 N–H and O–H groups in total. The number of piperidine rings is 1. The van der Waals surface area contributed by atoms with Crippen LogP contribution in [-0.2, 0) is 14.3 Å². The first kappa shape index (κ1) is 22.2. The Hall–Kier alpha value is -2.01. The second-order valence-electron chi connectivity index (χ2n) is 8.80. The number of nitrogens with zero attached hydrogens (tertiary/aromatic N) is 1. The molecular formula is C23H30ClN3O4. The lowest BCUT2D eigenvalue weighted by Gasteiger charge is -2.44. The van der Waals surface area contributed by atoms with E-state index in [0.29, 0.717) is 36.3 Å². The van der Waals surface area contributed by atoms with Crippen LogP contribution < -0.4 is 15.4 Å². The number of methoxy groups -OCH3 is 1. The number of ether oxygens (including phenoxy) is 3. The molecule has 3 aliphatic rings. The molecule has 1 aromatic carbocycles. The van der Waals surface area contributed by atoms with Crippen LogP contribution in [-0.4, -0.2) is 56.9 Å². The highest BCUT2D eigenvalue weighted by molar-refractivity contribution is 6.21. The summed E-state index contributed by atoms with van der Waals surface area (Å²) in [6.07, 6.45) is 3.44. The molecule has 3 fully saturated rings. The fraction of sp³-hybridized carbons (Fsp3) is 0.652. The van der Waals surface area contributed by atoms with Crippen LogP contribution in [0.25, 0.3) is 0 Å². The minimum absolute atomic E-state index is 0.0235. The number of hydrogen-bond acceptors (Lipinski definition) is 6. The van der Waals surface area contributed by atoms with Gasteiger partial charge in [-0.1, -0.05) is 0 Å². The van der Waals surface area contributed by atoms with Crippen molar-refractivity contribution in [2.75, 3.05) is 38.8 Å². The number of carbonyl (C=O) groups excluding carboxylic acids is 1. The lowest BCUT2D eigenvalue weighted by atomic mass is 9.74. The molecule has 1 amide bonds. The summed E-state index contributed by atoms with van der Waals surface area (Å²) in [7, 11) is 1.54. The highest BCUT2D eigenvalue weighted by Crippen LogP contribution is 2.37. The quantitative estimate of drug-likeness (QED) is 0.624. The van der Waals surface area contributed by atoms with Crippen LogP contribution in [0.2, 0.25) is 0 Å². The molecule has 5 unspecified atom stereocenters. The van der Waals surface area contributed by atoms with E-state index < -0.39 is 0 Å². The summed E-state index contributed by atoms with van der Waals surface area (Å²) in [5.74, 6) is 1.29. The third-order valence-electron chi connectivity index (χ3n) is 6.72. The average molecular weight is 448 g/mol. The van der Waals surface area contributed by atoms with E-state index in [1.165, 1.54) is 0 Å². The van der Waals surface area contributed by atoms with Gasteiger partial charge in [0, 0.05) is 36.9 Å². The van der Waals surface area contributed by atoms with Crippen LogP contribution in [0.5, 0.6) is 5.75 Å². The highest BCUT2D eigenvalue weighted by Gasteiger charge is 2.43. The molecule has 1 aliphatic carbocycles. The van der Waals surface area contributed by atoms with E-state index in [4.69, 9.17) is 31.1 Å². The Morgan fingerprint density at radius 3 is 2.97 bits per heavy atom. The summed E-state index contributed by atoms with van der Waals surface area (Å²) >= 11 is 6.68. The Bertz CT molecular complexity index is 824. The molecule has 7 nitrogen and oxygen atoms in total. The van der Waals surface area contributed by atoms with Crippen LogP contribution in [0.3, 0.4) is 0 Å². The Morgan fingerprint density at radius 1 is 1.35 bits per heavy atom. The van der Waals surface area contributed by atoms with Gasteiger partial charge in [0.15, 0.2) is 0 Å². The summed E-state index contributed by atoms with van der Waals surface area (Å²) in [6, 6.07) is 7.56. The minimum Gasteiger partial charge on any atom is -0.495 e. The maximum absolute atomic E-state index is 12.7. The SMILES string of the molecule is COc1cc(NCC2CC3CC(Cl)C(OC[C@H]4CCOC4)CC3NC2=O)ccc1C#N. The maximum atomic E-state index is 12.7. The first-order valence-electron chi connectivity index (χ1n) is 11.0. The molecule has 6 atom stereocenters. The first-order valence-corrected chi connectivity index (χ1v) is 11.5. The van der Waals surface area contributed by atoms with Gasteiger partial charge >= 0.3 is 0 Å². The van der Waals surface area contributed by atoms with E-state index in [9.17, 15) is 4.79 Å². The van der Waals surface area contributed by atoms with Crippen LogP contribution in [0.1, 0.15) is 31.2 Å². The Morgan fingerprint density at radius 2 is 2.23 bits per heavy atom. The fourth-order valence-corrected chi connectivity index (χ4v) is 5.27. The number of nitriles is 1.